The van der Waals surface area contributed by atoms with Crippen molar-refractivity contribution in [2.45, 2.75) is 46.6 Å². The summed E-state index contributed by atoms with van der Waals surface area (Å²) in [5.41, 5.74) is 2.39. The predicted octanol–water partition coefficient (Wildman–Crippen LogP) is 4.52. The predicted molar refractivity (Wildman–Crippen MR) is 86.5 cm³/mol. The van der Waals surface area contributed by atoms with Crippen molar-refractivity contribution in [2.75, 3.05) is 6.61 Å². The van der Waals surface area contributed by atoms with Crippen LogP contribution in [-0.4, -0.2) is 17.1 Å². The Bertz CT molecular complexity index is 625. The van der Waals surface area contributed by atoms with E-state index in [0.717, 1.165) is 5.52 Å². The molecular weight excluding hydrogens is 262 g/mol. The van der Waals surface area contributed by atoms with Gasteiger partial charge in [-0.15, -0.1) is 0 Å². The molecule has 114 valence electrons. The molecule has 0 aliphatic heterocycles. The lowest BCUT2D eigenvalue weighted by atomic mass is 10.0. The zero-order valence-electron chi connectivity index (χ0n) is 13.6. The van der Waals surface area contributed by atoms with E-state index in [4.69, 9.17) is 4.74 Å². The molecule has 0 fully saturated rings. The summed E-state index contributed by atoms with van der Waals surface area (Å²) in [6.07, 6.45) is 1.97. The van der Waals surface area contributed by atoms with Crippen LogP contribution in [0.2, 0.25) is 0 Å². The standard InChI is InChI=1S/C18H25NO2/c1-12(2)11-21-18(20)14(5)19-9-8-16-10-15(13(3)4)6-7-17(16)19/h6-10,12-14H,11H2,1-5H3. The Morgan fingerprint density at radius 1 is 1.14 bits per heavy atom. The first kappa shape index (κ1) is 15.6. The van der Waals surface area contributed by atoms with Crippen molar-refractivity contribution in [2.24, 2.45) is 5.92 Å². The van der Waals surface area contributed by atoms with Crippen LogP contribution in [0.3, 0.4) is 0 Å². The second kappa shape index (κ2) is 6.33. The smallest absolute Gasteiger partial charge is 0.328 e. The third-order valence-corrected chi connectivity index (χ3v) is 3.73. The van der Waals surface area contributed by atoms with Crippen LogP contribution < -0.4 is 0 Å². The van der Waals surface area contributed by atoms with Crippen molar-refractivity contribution in [3.63, 3.8) is 0 Å². The maximum atomic E-state index is 12.1. The van der Waals surface area contributed by atoms with Crippen LogP contribution in [0.15, 0.2) is 30.5 Å². The number of hydrogen-bond donors (Lipinski definition) is 0. The molecular formula is C18H25NO2. The number of ether oxygens (including phenoxy) is 1. The molecule has 2 rings (SSSR count). The Balaban J connectivity index is 2.24. The minimum Gasteiger partial charge on any atom is -0.464 e. The van der Waals surface area contributed by atoms with Gasteiger partial charge in [-0.05, 0) is 47.9 Å². The third kappa shape index (κ3) is 3.46. The van der Waals surface area contributed by atoms with Gasteiger partial charge in [0.25, 0.3) is 0 Å². The van der Waals surface area contributed by atoms with E-state index in [1.165, 1.54) is 10.9 Å². The molecule has 0 amide bonds. The fraction of sp³-hybridized carbons (Fsp3) is 0.500. The topological polar surface area (TPSA) is 31.2 Å². The Hall–Kier alpha value is -1.77. The lowest BCUT2D eigenvalue weighted by Crippen LogP contribution is -2.20. The third-order valence-electron chi connectivity index (χ3n) is 3.73. The number of carbonyl (C=O) groups is 1. The molecule has 1 heterocycles. The van der Waals surface area contributed by atoms with E-state index < -0.39 is 0 Å². The second-order valence-electron chi connectivity index (χ2n) is 6.40. The Morgan fingerprint density at radius 3 is 2.48 bits per heavy atom. The number of fused-ring (bicyclic) bond motifs is 1. The molecule has 21 heavy (non-hydrogen) atoms. The van der Waals surface area contributed by atoms with Gasteiger partial charge in [-0.3, -0.25) is 0 Å². The van der Waals surface area contributed by atoms with E-state index in [0.29, 0.717) is 18.4 Å². The van der Waals surface area contributed by atoms with Gasteiger partial charge in [0.15, 0.2) is 0 Å². The number of carbonyl (C=O) groups excluding carboxylic acids is 1. The summed E-state index contributed by atoms with van der Waals surface area (Å²) in [5, 5.41) is 1.17. The van der Waals surface area contributed by atoms with Gasteiger partial charge in [0.05, 0.1) is 6.61 Å². The molecule has 0 aliphatic carbocycles. The molecule has 0 saturated heterocycles. The lowest BCUT2D eigenvalue weighted by Gasteiger charge is -2.16. The van der Waals surface area contributed by atoms with Crippen molar-refractivity contribution < 1.29 is 9.53 Å². The average Bonchev–Trinajstić information content (AvgIpc) is 2.86. The van der Waals surface area contributed by atoms with Gasteiger partial charge in [0, 0.05) is 11.7 Å². The number of esters is 1. The SMILES string of the molecule is CC(C)COC(=O)C(C)n1ccc2cc(C(C)C)ccc21. The minimum absolute atomic E-state index is 0.172. The molecule has 0 N–H and O–H groups in total. The van der Waals surface area contributed by atoms with Crippen molar-refractivity contribution in [1.82, 2.24) is 4.57 Å². The van der Waals surface area contributed by atoms with Crippen molar-refractivity contribution >= 4 is 16.9 Å². The highest BCUT2D eigenvalue weighted by molar-refractivity contribution is 5.84. The molecule has 1 aromatic heterocycles. The van der Waals surface area contributed by atoms with Crippen molar-refractivity contribution in [1.29, 1.82) is 0 Å². The van der Waals surface area contributed by atoms with Crippen molar-refractivity contribution in [3.05, 3.63) is 36.0 Å². The lowest BCUT2D eigenvalue weighted by molar-refractivity contribution is -0.148. The summed E-state index contributed by atoms with van der Waals surface area (Å²) >= 11 is 0. The second-order valence-corrected chi connectivity index (χ2v) is 6.40. The summed E-state index contributed by atoms with van der Waals surface area (Å²) in [4.78, 5) is 12.1. The normalized spacial score (nSPS) is 13.1. The van der Waals surface area contributed by atoms with Crippen LogP contribution in [0, 0.1) is 5.92 Å². The quantitative estimate of drug-likeness (QED) is 0.757. The van der Waals surface area contributed by atoms with E-state index in [1.54, 1.807) is 0 Å². The fourth-order valence-electron chi connectivity index (χ4n) is 2.36. The Kier molecular flexibility index (Phi) is 4.71. The molecule has 1 unspecified atom stereocenters. The van der Waals surface area contributed by atoms with Crippen LogP contribution in [0.4, 0.5) is 0 Å². The first-order chi connectivity index (χ1) is 9.90. The van der Waals surface area contributed by atoms with Crippen LogP contribution in [0.5, 0.6) is 0 Å². The molecule has 0 spiro atoms. The van der Waals surface area contributed by atoms with Gasteiger partial charge in [-0.2, -0.15) is 0 Å². The van der Waals surface area contributed by atoms with Gasteiger partial charge >= 0.3 is 5.97 Å². The van der Waals surface area contributed by atoms with E-state index in [-0.39, 0.29) is 12.0 Å². The van der Waals surface area contributed by atoms with Crippen LogP contribution in [-0.2, 0) is 9.53 Å². The van der Waals surface area contributed by atoms with Crippen LogP contribution in [0.25, 0.3) is 10.9 Å². The van der Waals surface area contributed by atoms with Gasteiger partial charge in [-0.25, -0.2) is 4.79 Å². The highest BCUT2D eigenvalue weighted by Gasteiger charge is 2.18. The first-order valence-corrected chi connectivity index (χ1v) is 7.67. The minimum atomic E-state index is -0.300. The molecule has 2 aromatic rings. The van der Waals surface area contributed by atoms with Gasteiger partial charge in [0.2, 0.25) is 0 Å². The molecule has 0 aliphatic rings. The number of nitrogens with zero attached hydrogens (tertiary/aromatic N) is 1. The summed E-state index contributed by atoms with van der Waals surface area (Å²) in [6, 6.07) is 8.19. The maximum Gasteiger partial charge on any atom is 0.328 e. The molecule has 1 atom stereocenters. The zero-order valence-corrected chi connectivity index (χ0v) is 13.6. The van der Waals surface area contributed by atoms with Gasteiger partial charge in [-0.1, -0.05) is 33.8 Å². The summed E-state index contributed by atoms with van der Waals surface area (Å²) in [6.45, 7) is 10.8. The fourth-order valence-corrected chi connectivity index (χ4v) is 2.36. The Morgan fingerprint density at radius 2 is 1.86 bits per heavy atom. The number of aromatic nitrogens is 1. The number of hydrogen-bond acceptors (Lipinski definition) is 2. The van der Waals surface area contributed by atoms with E-state index >= 15 is 0 Å². The molecule has 3 nitrogen and oxygen atoms in total. The van der Waals surface area contributed by atoms with E-state index in [1.807, 2.05) is 31.5 Å². The zero-order chi connectivity index (χ0) is 15.6. The van der Waals surface area contributed by atoms with Crippen LogP contribution >= 0.6 is 0 Å². The van der Waals surface area contributed by atoms with Crippen molar-refractivity contribution in [3.8, 4) is 0 Å². The van der Waals surface area contributed by atoms with Crippen LogP contribution in [0.1, 0.15) is 52.1 Å². The molecule has 0 saturated carbocycles. The largest absolute Gasteiger partial charge is 0.464 e. The maximum absolute atomic E-state index is 12.1. The Labute approximate surface area is 126 Å². The highest BCUT2D eigenvalue weighted by Crippen LogP contribution is 2.25. The summed E-state index contributed by atoms with van der Waals surface area (Å²) in [7, 11) is 0. The highest BCUT2D eigenvalue weighted by atomic mass is 16.5. The molecule has 3 heteroatoms. The first-order valence-electron chi connectivity index (χ1n) is 7.67. The molecule has 0 bridgehead atoms. The summed E-state index contributed by atoms with van der Waals surface area (Å²) in [5.74, 6) is 0.691. The van der Waals surface area contributed by atoms with Gasteiger partial charge in [0.1, 0.15) is 6.04 Å². The summed E-state index contributed by atoms with van der Waals surface area (Å²) < 4.78 is 7.33. The van der Waals surface area contributed by atoms with E-state index in [2.05, 4.69) is 38.1 Å². The van der Waals surface area contributed by atoms with Gasteiger partial charge < -0.3 is 9.30 Å². The van der Waals surface area contributed by atoms with E-state index in [9.17, 15) is 4.79 Å². The average molecular weight is 287 g/mol. The number of benzene rings is 1. The molecule has 1 aromatic carbocycles. The monoisotopic (exact) mass is 287 g/mol. The molecule has 0 radical (unpaired) electrons. The number of rotatable bonds is 5.